The second-order valence-corrected chi connectivity index (χ2v) is 7.57. The fourth-order valence-corrected chi connectivity index (χ4v) is 3.59. The van der Waals surface area contributed by atoms with E-state index in [4.69, 9.17) is 4.74 Å². The molecule has 0 aromatic heterocycles. The first kappa shape index (κ1) is 14.3. The smallest absolute Gasteiger partial charge is 0.0468 e. The van der Waals surface area contributed by atoms with Crippen LogP contribution in [0.2, 0.25) is 0 Å². The van der Waals surface area contributed by atoms with Gasteiger partial charge in [0.05, 0.1) is 0 Å². The van der Waals surface area contributed by atoms with Crippen molar-refractivity contribution in [2.24, 2.45) is 11.3 Å². The Balaban J connectivity index is 1.89. The minimum atomic E-state index is 0.255. The Kier molecular flexibility index (Phi) is 4.71. The van der Waals surface area contributed by atoms with Gasteiger partial charge in [0, 0.05) is 25.3 Å². The highest BCUT2D eigenvalue weighted by atomic mass is 16.5. The molecular formula is C16H31NO. The Morgan fingerprint density at radius 3 is 2.28 bits per heavy atom. The molecule has 2 rings (SSSR count). The van der Waals surface area contributed by atoms with Crippen LogP contribution in [-0.4, -0.2) is 25.3 Å². The molecular weight excluding hydrogens is 222 g/mol. The molecule has 0 aromatic rings. The lowest BCUT2D eigenvalue weighted by molar-refractivity contribution is 0.0459. The summed E-state index contributed by atoms with van der Waals surface area (Å²) in [6, 6.07) is 0. The highest BCUT2D eigenvalue weighted by Crippen LogP contribution is 2.44. The van der Waals surface area contributed by atoms with Crippen molar-refractivity contribution in [3.05, 3.63) is 0 Å². The summed E-state index contributed by atoms with van der Waals surface area (Å²) in [5.74, 6) is 0.915. The van der Waals surface area contributed by atoms with Crippen molar-refractivity contribution < 1.29 is 4.74 Å². The average Bonchev–Trinajstić information content (AvgIpc) is 2.76. The first-order valence-corrected chi connectivity index (χ1v) is 7.82. The zero-order valence-electron chi connectivity index (χ0n) is 12.6. The van der Waals surface area contributed by atoms with Crippen molar-refractivity contribution in [3.63, 3.8) is 0 Å². The molecule has 1 aliphatic carbocycles. The highest BCUT2D eigenvalue weighted by Gasteiger charge is 2.36. The first-order chi connectivity index (χ1) is 8.49. The van der Waals surface area contributed by atoms with Gasteiger partial charge in [-0.1, -0.05) is 12.8 Å². The van der Waals surface area contributed by atoms with E-state index in [1.807, 2.05) is 0 Å². The summed E-state index contributed by atoms with van der Waals surface area (Å²) in [5, 5.41) is 3.76. The fraction of sp³-hybridized carbons (Fsp3) is 1.00. The van der Waals surface area contributed by atoms with E-state index >= 15 is 0 Å². The van der Waals surface area contributed by atoms with Gasteiger partial charge >= 0.3 is 0 Å². The Labute approximate surface area is 113 Å². The van der Waals surface area contributed by atoms with Gasteiger partial charge < -0.3 is 10.1 Å². The summed E-state index contributed by atoms with van der Waals surface area (Å²) < 4.78 is 5.50. The molecule has 0 spiro atoms. The number of ether oxygens (including phenoxy) is 1. The Hall–Kier alpha value is -0.0800. The van der Waals surface area contributed by atoms with Gasteiger partial charge in [0.25, 0.3) is 0 Å². The van der Waals surface area contributed by atoms with Crippen LogP contribution in [0.3, 0.4) is 0 Å². The summed E-state index contributed by atoms with van der Waals surface area (Å²) in [7, 11) is 0. The highest BCUT2D eigenvalue weighted by molar-refractivity contribution is 4.90. The van der Waals surface area contributed by atoms with Crippen LogP contribution in [0.25, 0.3) is 0 Å². The molecule has 1 aliphatic heterocycles. The van der Waals surface area contributed by atoms with E-state index in [0.717, 1.165) is 19.1 Å². The second-order valence-electron chi connectivity index (χ2n) is 7.57. The third kappa shape index (κ3) is 4.24. The predicted octanol–water partition coefficient (Wildman–Crippen LogP) is 3.75. The van der Waals surface area contributed by atoms with Crippen molar-refractivity contribution in [1.29, 1.82) is 0 Å². The number of rotatable bonds is 4. The maximum Gasteiger partial charge on any atom is 0.0468 e. The summed E-state index contributed by atoms with van der Waals surface area (Å²) in [5.41, 5.74) is 0.848. The van der Waals surface area contributed by atoms with Crippen molar-refractivity contribution in [3.8, 4) is 0 Å². The maximum atomic E-state index is 5.50. The summed E-state index contributed by atoms with van der Waals surface area (Å²) >= 11 is 0. The van der Waals surface area contributed by atoms with Crippen LogP contribution in [-0.2, 0) is 4.74 Å². The SMILES string of the molecule is CC(C)(C)NCC1(CC2CCOCC2)CCCC1. The van der Waals surface area contributed by atoms with Gasteiger partial charge in [-0.05, 0) is 64.2 Å². The maximum absolute atomic E-state index is 5.50. The van der Waals surface area contributed by atoms with Crippen LogP contribution in [0.5, 0.6) is 0 Å². The number of nitrogens with one attached hydrogen (secondary N) is 1. The molecule has 2 heteroatoms. The average molecular weight is 253 g/mol. The van der Waals surface area contributed by atoms with Gasteiger partial charge in [-0.2, -0.15) is 0 Å². The molecule has 18 heavy (non-hydrogen) atoms. The molecule has 0 amide bonds. The van der Waals surface area contributed by atoms with E-state index in [1.165, 1.54) is 51.5 Å². The lowest BCUT2D eigenvalue weighted by atomic mass is 9.75. The molecule has 1 N–H and O–H groups in total. The van der Waals surface area contributed by atoms with Crippen molar-refractivity contribution in [2.75, 3.05) is 19.8 Å². The van der Waals surface area contributed by atoms with Crippen molar-refractivity contribution >= 4 is 0 Å². The molecule has 0 bridgehead atoms. The molecule has 2 nitrogen and oxygen atoms in total. The zero-order chi connectivity index (χ0) is 13.1. The predicted molar refractivity (Wildman–Crippen MR) is 76.8 cm³/mol. The van der Waals surface area contributed by atoms with E-state index < -0.39 is 0 Å². The van der Waals surface area contributed by atoms with Crippen LogP contribution in [0, 0.1) is 11.3 Å². The Bertz CT molecular complexity index is 244. The normalized spacial score (nSPS) is 25.5. The van der Waals surface area contributed by atoms with Gasteiger partial charge in [-0.15, -0.1) is 0 Å². The first-order valence-electron chi connectivity index (χ1n) is 7.82. The molecule has 2 fully saturated rings. The topological polar surface area (TPSA) is 21.3 Å². The lowest BCUT2D eigenvalue weighted by Crippen LogP contribution is -2.44. The Morgan fingerprint density at radius 1 is 1.11 bits per heavy atom. The standard InChI is InChI=1S/C16H31NO/c1-15(2,3)17-13-16(8-4-5-9-16)12-14-6-10-18-11-7-14/h14,17H,4-13H2,1-3H3. The van der Waals surface area contributed by atoms with Crippen LogP contribution in [0.1, 0.15) is 65.7 Å². The molecule has 106 valence electrons. The molecule has 2 aliphatic rings. The molecule has 1 saturated carbocycles. The van der Waals surface area contributed by atoms with E-state index in [2.05, 4.69) is 26.1 Å². The molecule has 1 saturated heterocycles. The summed E-state index contributed by atoms with van der Waals surface area (Å²) in [4.78, 5) is 0. The van der Waals surface area contributed by atoms with E-state index in [0.29, 0.717) is 5.41 Å². The minimum absolute atomic E-state index is 0.255. The second kappa shape index (κ2) is 5.92. The third-order valence-corrected chi connectivity index (χ3v) is 4.72. The van der Waals surface area contributed by atoms with Gasteiger partial charge in [-0.25, -0.2) is 0 Å². The Morgan fingerprint density at radius 2 is 1.72 bits per heavy atom. The van der Waals surface area contributed by atoms with Crippen molar-refractivity contribution in [2.45, 2.75) is 71.3 Å². The molecule has 0 radical (unpaired) electrons. The van der Waals surface area contributed by atoms with Gasteiger partial charge in [-0.3, -0.25) is 0 Å². The molecule has 1 heterocycles. The minimum Gasteiger partial charge on any atom is -0.381 e. The van der Waals surface area contributed by atoms with Crippen LogP contribution < -0.4 is 5.32 Å². The number of hydrogen-bond acceptors (Lipinski definition) is 2. The van der Waals surface area contributed by atoms with E-state index in [9.17, 15) is 0 Å². The zero-order valence-corrected chi connectivity index (χ0v) is 12.6. The fourth-order valence-electron chi connectivity index (χ4n) is 3.59. The largest absolute Gasteiger partial charge is 0.381 e. The molecule has 0 atom stereocenters. The van der Waals surface area contributed by atoms with E-state index in [-0.39, 0.29) is 5.54 Å². The van der Waals surface area contributed by atoms with Crippen LogP contribution in [0.4, 0.5) is 0 Å². The van der Waals surface area contributed by atoms with Crippen LogP contribution >= 0.6 is 0 Å². The summed E-state index contributed by atoms with van der Waals surface area (Å²) in [6.07, 6.45) is 9.76. The van der Waals surface area contributed by atoms with E-state index in [1.54, 1.807) is 0 Å². The molecule has 0 aromatic carbocycles. The van der Waals surface area contributed by atoms with Crippen molar-refractivity contribution in [1.82, 2.24) is 5.32 Å². The van der Waals surface area contributed by atoms with Gasteiger partial charge in [0.15, 0.2) is 0 Å². The quantitative estimate of drug-likeness (QED) is 0.824. The third-order valence-electron chi connectivity index (χ3n) is 4.72. The summed E-state index contributed by atoms with van der Waals surface area (Å²) in [6.45, 7) is 10.0. The van der Waals surface area contributed by atoms with Crippen LogP contribution in [0.15, 0.2) is 0 Å². The monoisotopic (exact) mass is 253 g/mol. The van der Waals surface area contributed by atoms with Gasteiger partial charge in [0.1, 0.15) is 0 Å². The lowest BCUT2D eigenvalue weighted by Gasteiger charge is -2.37. The van der Waals surface area contributed by atoms with Gasteiger partial charge in [0.2, 0.25) is 0 Å². The number of hydrogen-bond donors (Lipinski definition) is 1. The molecule has 0 unspecified atom stereocenters.